The highest BCUT2D eigenvalue weighted by atomic mass is 32.2. The highest BCUT2D eigenvalue weighted by Gasteiger charge is 2.24. The van der Waals surface area contributed by atoms with Crippen molar-refractivity contribution < 1.29 is 0 Å². The number of amidine groups is 1. The molecule has 1 aliphatic carbocycles. The Morgan fingerprint density at radius 3 is 2.35 bits per heavy atom. The molecular weight excluding hydrogens is 228 g/mol. The summed E-state index contributed by atoms with van der Waals surface area (Å²) in [5.74, 6) is 1.20. The summed E-state index contributed by atoms with van der Waals surface area (Å²) in [6.45, 7) is 5.58. The Balaban J connectivity index is 1.81. The summed E-state index contributed by atoms with van der Waals surface area (Å²) < 4.78 is 0. The van der Waals surface area contributed by atoms with Crippen LogP contribution in [0.2, 0.25) is 0 Å². The van der Waals surface area contributed by atoms with Crippen molar-refractivity contribution in [3.8, 4) is 0 Å². The monoisotopic (exact) mass is 254 g/mol. The summed E-state index contributed by atoms with van der Waals surface area (Å²) in [6.07, 6.45) is 9.74. The molecule has 1 heterocycles. The van der Waals surface area contributed by atoms with Crippen molar-refractivity contribution in [2.45, 2.75) is 64.8 Å². The summed E-state index contributed by atoms with van der Waals surface area (Å²) in [4.78, 5) is 4.70. The zero-order valence-electron chi connectivity index (χ0n) is 11.3. The second-order valence-corrected chi connectivity index (χ2v) is 7.22. The fraction of sp³-hybridized carbons (Fsp3) is 0.929. The predicted molar refractivity (Wildman–Crippen MR) is 77.8 cm³/mol. The molecule has 17 heavy (non-hydrogen) atoms. The number of hydrogen-bond acceptors (Lipinski definition) is 3. The van der Waals surface area contributed by atoms with Crippen LogP contribution in [0, 0.1) is 5.41 Å². The van der Waals surface area contributed by atoms with E-state index in [9.17, 15) is 0 Å². The number of thioether (sulfide) groups is 1. The van der Waals surface area contributed by atoms with Gasteiger partial charge >= 0.3 is 0 Å². The van der Waals surface area contributed by atoms with Crippen LogP contribution in [0.4, 0.5) is 0 Å². The molecule has 1 fully saturated rings. The molecule has 0 spiro atoms. The molecule has 1 saturated carbocycles. The van der Waals surface area contributed by atoms with Crippen molar-refractivity contribution in [3.05, 3.63) is 0 Å². The number of hydrogen-bond donors (Lipinski definition) is 1. The Kier molecular flexibility index (Phi) is 4.78. The van der Waals surface area contributed by atoms with Crippen molar-refractivity contribution in [1.82, 2.24) is 5.32 Å². The van der Waals surface area contributed by atoms with E-state index in [1.807, 2.05) is 11.8 Å². The molecule has 0 aromatic heterocycles. The van der Waals surface area contributed by atoms with E-state index >= 15 is 0 Å². The fourth-order valence-corrected chi connectivity index (χ4v) is 3.53. The third-order valence-electron chi connectivity index (χ3n) is 3.68. The molecule has 2 aliphatic rings. The highest BCUT2D eigenvalue weighted by molar-refractivity contribution is 8.13. The van der Waals surface area contributed by atoms with Gasteiger partial charge in [0.15, 0.2) is 5.17 Å². The first-order chi connectivity index (χ1) is 8.16. The average Bonchev–Trinajstić information content (AvgIpc) is 2.24. The number of aliphatic imine (C=N–C) groups is 1. The summed E-state index contributed by atoms with van der Waals surface area (Å²) in [5, 5.41) is 4.88. The first-order valence-corrected chi connectivity index (χ1v) is 8.08. The molecule has 1 N–H and O–H groups in total. The SMILES string of the molecule is CC1(C)CN=C(NC2CCCCCCC2)SC1. The van der Waals surface area contributed by atoms with Crippen LogP contribution in [-0.2, 0) is 0 Å². The van der Waals surface area contributed by atoms with Crippen LogP contribution < -0.4 is 5.32 Å². The van der Waals surface area contributed by atoms with Crippen molar-refractivity contribution in [3.63, 3.8) is 0 Å². The van der Waals surface area contributed by atoms with Crippen LogP contribution in [-0.4, -0.2) is 23.5 Å². The zero-order valence-corrected chi connectivity index (χ0v) is 12.1. The predicted octanol–water partition coefficient (Wildman–Crippen LogP) is 3.82. The van der Waals surface area contributed by atoms with E-state index in [2.05, 4.69) is 19.2 Å². The molecule has 0 atom stereocenters. The molecule has 2 nitrogen and oxygen atoms in total. The second-order valence-electron chi connectivity index (χ2n) is 6.26. The van der Waals surface area contributed by atoms with E-state index in [-0.39, 0.29) is 0 Å². The number of nitrogens with zero attached hydrogens (tertiary/aromatic N) is 1. The lowest BCUT2D eigenvalue weighted by molar-refractivity contribution is 0.420. The molecule has 0 amide bonds. The first-order valence-electron chi connectivity index (χ1n) is 7.09. The highest BCUT2D eigenvalue weighted by Crippen LogP contribution is 2.28. The van der Waals surface area contributed by atoms with Gasteiger partial charge in [0, 0.05) is 18.3 Å². The van der Waals surface area contributed by atoms with E-state index in [0.717, 1.165) is 6.54 Å². The van der Waals surface area contributed by atoms with Crippen LogP contribution in [0.5, 0.6) is 0 Å². The normalized spacial score (nSPS) is 26.8. The van der Waals surface area contributed by atoms with Gasteiger partial charge in [0.1, 0.15) is 0 Å². The molecule has 98 valence electrons. The van der Waals surface area contributed by atoms with Gasteiger partial charge < -0.3 is 5.32 Å². The molecule has 0 saturated heterocycles. The topological polar surface area (TPSA) is 24.4 Å². The molecule has 0 aromatic carbocycles. The Hall–Kier alpha value is -0.180. The molecule has 3 heteroatoms. The maximum atomic E-state index is 4.70. The fourth-order valence-electron chi connectivity index (χ4n) is 2.50. The molecule has 0 bridgehead atoms. The van der Waals surface area contributed by atoms with Gasteiger partial charge in [-0.1, -0.05) is 57.7 Å². The lowest BCUT2D eigenvalue weighted by atomic mass is 9.96. The van der Waals surface area contributed by atoms with Gasteiger partial charge in [-0.05, 0) is 18.3 Å². The van der Waals surface area contributed by atoms with Crippen LogP contribution in [0.1, 0.15) is 58.8 Å². The lowest BCUT2D eigenvalue weighted by Crippen LogP contribution is -2.37. The third kappa shape index (κ3) is 4.53. The van der Waals surface area contributed by atoms with Gasteiger partial charge in [-0.15, -0.1) is 0 Å². The summed E-state index contributed by atoms with van der Waals surface area (Å²) in [6, 6.07) is 0.683. The Labute approximate surface area is 110 Å². The van der Waals surface area contributed by atoms with Gasteiger partial charge in [0.2, 0.25) is 0 Å². The standard InChI is InChI=1S/C14H26N2S/c1-14(2)10-15-13(17-11-14)16-12-8-6-4-3-5-7-9-12/h12H,3-11H2,1-2H3,(H,15,16). The van der Waals surface area contributed by atoms with Gasteiger partial charge in [0.05, 0.1) is 0 Å². The van der Waals surface area contributed by atoms with E-state index < -0.39 is 0 Å². The van der Waals surface area contributed by atoms with E-state index in [1.165, 1.54) is 55.9 Å². The molecule has 2 rings (SSSR count). The first kappa shape index (κ1) is 13.3. The molecule has 0 unspecified atom stereocenters. The minimum atomic E-state index is 0.386. The van der Waals surface area contributed by atoms with Crippen LogP contribution in [0.3, 0.4) is 0 Å². The van der Waals surface area contributed by atoms with Gasteiger partial charge in [0.25, 0.3) is 0 Å². The summed E-state index contributed by atoms with van der Waals surface area (Å²) >= 11 is 1.91. The molecule has 0 radical (unpaired) electrons. The molecule has 1 aliphatic heterocycles. The Morgan fingerprint density at radius 1 is 1.12 bits per heavy atom. The zero-order chi connectivity index (χ0) is 12.1. The smallest absolute Gasteiger partial charge is 0.156 e. The minimum Gasteiger partial charge on any atom is -0.362 e. The lowest BCUT2D eigenvalue weighted by Gasteiger charge is -2.30. The van der Waals surface area contributed by atoms with Crippen LogP contribution in [0.25, 0.3) is 0 Å². The Morgan fingerprint density at radius 2 is 1.76 bits per heavy atom. The van der Waals surface area contributed by atoms with Gasteiger partial charge in [-0.3, -0.25) is 4.99 Å². The van der Waals surface area contributed by atoms with Crippen molar-refractivity contribution >= 4 is 16.9 Å². The second kappa shape index (κ2) is 6.12. The summed E-state index contributed by atoms with van der Waals surface area (Å²) in [5.41, 5.74) is 0.386. The number of rotatable bonds is 1. The van der Waals surface area contributed by atoms with E-state index in [1.54, 1.807) is 0 Å². The van der Waals surface area contributed by atoms with Crippen molar-refractivity contribution in [2.75, 3.05) is 12.3 Å². The van der Waals surface area contributed by atoms with Crippen molar-refractivity contribution in [2.24, 2.45) is 10.4 Å². The maximum absolute atomic E-state index is 4.70. The number of nitrogens with one attached hydrogen (secondary N) is 1. The molecular formula is C14H26N2S. The largest absolute Gasteiger partial charge is 0.362 e. The van der Waals surface area contributed by atoms with E-state index in [4.69, 9.17) is 4.99 Å². The Bertz CT molecular complexity index is 265. The third-order valence-corrected chi connectivity index (χ3v) is 5.13. The van der Waals surface area contributed by atoms with Crippen molar-refractivity contribution in [1.29, 1.82) is 0 Å². The average molecular weight is 254 g/mol. The van der Waals surface area contributed by atoms with Gasteiger partial charge in [-0.25, -0.2) is 0 Å². The van der Waals surface area contributed by atoms with Gasteiger partial charge in [-0.2, -0.15) is 0 Å². The minimum absolute atomic E-state index is 0.386. The van der Waals surface area contributed by atoms with Crippen LogP contribution in [0.15, 0.2) is 4.99 Å². The maximum Gasteiger partial charge on any atom is 0.156 e. The quantitative estimate of drug-likeness (QED) is 0.769. The molecule has 0 aromatic rings. The van der Waals surface area contributed by atoms with E-state index in [0.29, 0.717) is 11.5 Å². The van der Waals surface area contributed by atoms with Crippen LogP contribution >= 0.6 is 11.8 Å². The summed E-state index contributed by atoms with van der Waals surface area (Å²) in [7, 11) is 0.